The number of rotatable bonds is 6. The Hall–Kier alpha value is -0.680. The van der Waals surface area contributed by atoms with Crippen molar-refractivity contribution in [3.05, 3.63) is 0 Å². The first kappa shape index (κ1) is 16.4. The van der Waals surface area contributed by atoms with Crippen LogP contribution in [0.25, 0.3) is 0 Å². The van der Waals surface area contributed by atoms with Crippen LogP contribution in [0, 0.1) is 5.92 Å². The van der Waals surface area contributed by atoms with E-state index in [1.54, 1.807) is 7.11 Å². The van der Waals surface area contributed by atoms with E-state index < -0.39 is 5.60 Å². The molecule has 1 saturated carbocycles. The lowest BCUT2D eigenvalue weighted by molar-refractivity contribution is -0.126. The lowest BCUT2D eigenvalue weighted by Crippen LogP contribution is -2.50. The fraction of sp³-hybridized carbons (Fsp3) is 0.857. The smallest absolute Gasteiger partial charge is 0.223 e. The number of nitrogens with one attached hydrogen (secondary N) is 1. The maximum absolute atomic E-state index is 12.1. The highest BCUT2D eigenvalue weighted by molar-refractivity contribution is 7.80. The van der Waals surface area contributed by atoms with Crippen molar-refractivity contribution in [3.8, 4) is 0 Å². The largest absolute Gasteiger partial charge is 0.392 e. The van der Waals surface area contributed by atoms with Crippen molar-refractivity contribution in [2.75, 3.05) is 7.11 Å². The van der Waals surface area contributed by atoms with E-state index in [0.29, 0.717) is 17.3 Å². The van der Waals surface area contributed by atoms with Gasteiger partial charge >= 0.3 is 0 Å². The first-order chi connectivity index (χ1) is 8.85. The van der Waals surface area contributed by atoms with Crippen LogP contribution in [0.1, 0.15) is 52.4 Å². The second kappa shape index (κ2) is 7.20. The fourth-order valence-corrected chi connectivity index (χ4v) is 2.82. The number of nitrogens with two attached hydrogens (primary N) is 1. The van der Waals surface area contributed by atoms with Crippen LogP contribution in [-0.4, -0.2) is 29.6 Å². The Bertz CT molecular complexity index is 325. The zero-order valence-electron chi connectivity index (χ0n) is 12.2. The number of hydrogen-bond acceptors (Lipinski definition) is 3. The zero-order chi connectivity index (χ0) is 14.5. The van der Waals surface area contributed by atoms with Gasteiger partial charge in [0.15, 0.2) is 0 Å². The number of carbonyl (C=O) groups excluding carboxylic acids is 1. The number of carbonyl (C=O) groups is 1. The molecule has 0 aromatic heterocycles. The molecule has 1 amide bonds. The summed E-state index contributed by atoms with van der Waals surface area (Å²) in [5, 5.41) is 2.99. The zero-order valence-corrected chi connectivity index (χ0v) is 13.0. The predicted molar refractivity (Wildman–Crippen MR) is 81.0 cm³/mol. The van der Waals surface area contributed by atoms with Crippen molar-refractivity contribution in [3.63, 3.8) is 0 Å². The van der Waals surface area contributed by atoms with Crippen LogP contribution in [0.3, 0.4) is 0 Å². The first-order valence-electron chi connectivity index (χ1n) is 6.99. The molecule has 0 aliphatic heterocycles. The maximum Gasteiger partial charge on any atom is 0.223 e. The third-order valence-electron chi connectivity index (χ3n) is 3.88. The van der Waals surface area contributed by atoms with E-state index >= 15 is 0 Å². The molecule has 4 nitrogen and oxygen atoms in total. The van der Waals surface area contributed by atoms with Crippen molar-refractivity contribution in [1.29, 1.82) is 0 Å². The Kier molecular flexibility index (Phi) is 6.20. The average Bonchev–Trinajstić information content (AvgIpc) is 2.36. The summed E-state index contributed by atoms with van der Waals surface area (Å²) in [4.78, 5) is 12.5. The molecule has 0 saturated heterocycles. The molecule has 19 heavy (non-hydrogen) atoms. The molecule has 1 aliphatic carbocycles. The summed E-state index contributed by atoms with van der Waals surface area (Å²) in [6, 6.07) is -0.171. The molecule has 0 heterocycles. The summed E-state index contributed by atoms with van der Waals surface area (Å²) in [7, 11) is 1.61. The summed E-state index contributed by atoms with van der Waals surface area (Å²) in [5.74, 6) is 0.344. The van der Waals surface area contributed by atoms with Gasteiger partial charge in [-0.25, -0.2) is 0 Å². The van der Waals surface area contributed by atoms with Crippen LogP contribution < -0.4 is 11.1 Å². The lowest BCUT2D eigenvalue weighted by Gasteiger charge is -2.31. The standard InChI is InChI=1S/C14H26N2O2S/c1-14(2,18-3)9-11(17)16-12(13(15)19)10-7-5-4-6-8-10/h10,12H,4-9H2,1-3H3,(H2,15,19)(H,16,17). The molecule has 0 aromatic carbocycles. The van der Waals surface area contributed by atoms with E-state index in [1.807, 2.05) is 13.8 Å². The van der Waals surface area contributed by atoms with Crippen molar-refractivity contribution in [2.45, 2.75) is 64.0 Å². The molecule has 1 rings (SSSR count). The molecule has 110 valence electrons. The van der Waals surface area contributed by atoms with Crippen LogP contribution in [0.5, 0.6) is 0 Å². The van der Waals surface area contributed by atoms with Gasteiger partial charge in [-0.2, -0.15) is 0 Å². The van der Waals surface area contributed by atoms with E-state index in [2.05, 4.69) is 5.32 Å². The van der Waals surface area contributed by atoms with Crippen LogP contribution in [0.2, 0.25) is 0 Å². The van der Waals surface area contributed by atoms with Gasteiger partial charge in [-0.05, 0) is 32.6 Å². The van der Waals surface area contributed by atoms with Gasteiger partial charge in [-0.15, -0.1) is 0 Å². The minimum absolute atomic E-state index is 0.0461. The van der Waals surface area contributed by atoms with E-state index in [-0.39, 0.29) is 11.9 Å². The number of hydrogen-bond donors (Lipinski definition) is 2. The SMILES string of the molecule is COC(C)(C)CC(=O)NC(C(N)=S)C1CCCCC1. The second-order valence-electron chi connectivity index (χ2n) is 5.99. The van der Waals surface area contributed by atoms with Gasteiger partial charge in [0, 0.05) is 7.11 Å². The number of amides is 1. The maximum atomic E-state index is 12.1. The van der Waals surface area contributed by atoms with Crippen LogP contribution in [0.4, 0.5) is 0 Å². The number of ether oxygens (including phenoxy) is 1. The minimum Gasteiger partial charge on any atom is -0.392 e. The quantitative estimate of drug-likeness (QED) is 0.734. The third-order valence-corrected chi connectivity index (χ3v) is 4.14. The third kappa shape index (κ3) is 5.45. The highest BCUT2D eigenvalue weighted by atomic mass is 32.1. The Morgan fingerprint density at radius 2 is 2.00 bits per heavy atom. The Labute approximate surface area is 121 Å². The molecule has 0 aromatic rings. The normalized spacial score (nSPS) is 18.9. The van der Waals surface area contributed by atoms with Crippen LogP contribution in [-0.2, 0) is 9.53 Å². The number of thiocarbonyl (C=S) groups is 1. The summed E-state index contributed by atoms with van der Waals surface area (Å²) in [5.41, 5.74) is 5.34. The topological polar surface area (TPSA) is 64.3 Å². The Balaban J connectivity index is 2.58. The van der Waals surface area contributed by atoms with Crippen molar-refractivity contribution in [2.24, 2.45) is 11.7 Å². The molecule has 0 bridgehead atoms. The van der Waals surface area contributed by atoms with Gasteiger partial charge in [0.25, 0.3) is 0 Å². The van der Waals surface area contributed by atoms with Gasteiger partial charge in [-0.3, -0.25) is 4.79 Å². The Morgan fingerprint density at radius 3 is 2.47 bits per heavy atom. The minimum atomic E-state index is -0.461. The number of methoxy groups -OCH3 is 1. The summed E-state index contributed by atoms with van der Waals surface area (Å²) < 4.78 is 5.27. The van der Waals surface area contributed by atoms with Gasteiger partial charge in [0.1, 0.15) is 0 Å². The molecular weight excluding hydrogens is 260 g/mol. The summed E-state index contributed by atoms with van der Waals surface area (Å²) >= 11 is 5.12. The summed E-state index contributed by atoms with van der Waals surface area (Å²) in [6.07, 6.45) is 6.17. The van der Waals surface area contributed by atoms with Gasteiger partial charge in [-0.1, -0.05) is 31.5 Å². The van der Waals surface area contributed by atoms with Crippen molar-refractivity contribution >= 4 is 23.1 Å². The van der Waals surface area contributed by atoms with E-state index in [0.717, 1.165) is 12.8 Å². The fourth-order valence-electron chi connectivity index (χ4n) is 2.57. The van der Waals surface area contributed by atoms with E-state index in [4.69, 9.17) is 22.7 Å². The van der Waals surface area contributed by atoms with E-state index in [9.17, 15) is 4.79 Å². The molecule has 1 aliphatic rings. The molecule has 1 unspecified atom stereocenters. The molecule has 1 atom stereocenters. The monoisotopic (exact) mass is 286 g/mol. The molecule has 0 spiro atoms. The molecular formula is C14H26N2O2S. The van der Waals surface area contributed by atoms with Gasteiger partial charge in [0.05, 0.1) is 23.1 Å². The van der Waals surface area contributed by atoms with Crippen LogP contribution in [0.15, 0.2) is 0 Å². The van der Waals surface area contributed by atoms with Gasteiger partial charge in [0.2, 0.25) is 5.91 Å². The molecule has 0 radical (unpaired) electrons. The summed E-state index contributed by atoms with van der Waals surface area (Å²) in [6.45, 7) is 3.78. The van der Waals surface area contributed by atoms with E-state index in [1.165, 1.54) is 19.3 Å². The lowest BCUT2D eigenvalue weighted by atomic mass is 9.83. The Morgan fingerprint density at radius 1 is 1.42 bits per heavy atom. The van der Waals surface area contributed by atoms with Crippen molar-refractivity contribution < 1.29 is 9.53 Å². The van der Waals surface area contributed by atoms with Gasteiger partial charge < -0.3 is 15.8 Å². The molecule has 1 fully saturated rings. The highest BCUT2D eigenvalue weighted by Gasteiger charge is 2.29. The first-order valence-corrected chi connectivity index (χ1v) is 7.40. The second-order valence-corrected chi connectivity index (χ2v) is 6.46. The molecule has 3 N–H and O–H groups in total. The molecule has 5 heteroatoms. The van der Waals surface area contributed by atoms with Crippen LogP contribution >= 0.6 is 12.2 Å². The predicted octanol–water partition coefficient (Wildman–Crippen LogP) is 2.15. The highest BCUT2D eigenvalue weighted by Crippen LogP contribution is 2.27. The van der Waals surface area contributed by atoms with Crippen molar-refractivity contribution in [1.82, 2.24) is 5.32 Å². The average molecular weight is 286 g/mol.